The molecule has 0 aromatic heterocycles. The van der Waals surface area contributed by atoms with Gasteiger partial charge in [-0.25, -0.2) is 0 Å². The van der Waals surface area contributed by atoms with Crippen molar-refractivity contribution >= 4 is 48.9 Å². The standard InChI is InChI=1S/C42H28O/c43-25-21-36-34-19-23-9-1-3-11-26(23)28-15-7-17-32(38(28)34)40-30-13-5-6-14-31(30)41-33-18-8-16-29-27-12-4-2-10-24(27)20-35(39(29)33)37(22-25)42(36,40)41/h1-20,36-37,40-41H,21-22H2/t36-,37-,40-,41-,42?/m1/s1. The fraction of sp³-hybridized carbons (Fsp3) is 0.167. The number of carbonyl (C=O) groups is 1. The maximum Gasteiger partial charge on any atom is 0.134 e. The van der Waals surface area contributed by atoms with Gasteiger partial charge in [0.1, 0.15) is 5.78 Å². The lowest BCUT2D eigenvalue weighted by molar-refractivity contribution is -0.125. The normalized spacial score (nSPS) is 26.1. The highest BCUT2D eigenvalue weighted by molar-refractivity contribution is 6.13. The molecule has 0 radical (unpaired) electrons. The second-order valence-corrected chi connectivity index (χ2v) is 13.5. The summed E-state index contributed by atoms with van der Waals surface area (Å²) in [5.74, 6) is 1.19. The van der Waals surface area contributed by atoms with Crippen LogP contribution in [0.3, 0.4) is 0 Å². The van der Waals surface area contributed by atoms with Crippen LogP contribution < -0.4 is 0 Å². The number of carbonyl (C=O) groups excluding carboxylic acids is 1. The van der Waals surface area contributed by atoms with E-state index in [1.165, 1.54) is 76.5 Å². The molecule has 7 aromatic rings. The number of hydrogen-bond acceptors (Lipinski definition) is 1. The molecule has 0 saturated heterocycles. The average Bonchev–Trinajstić information content (AvgIpc) is 3.36. The summed E-state index contributed by atoms with van der Waals surface area (Å²) in [5.41, 5.74) is 8.52. The topological polar surface area (TPSA) is 17.1 Å². The second-order valence-electron chi connectivity index (χ2n) is 13.5. The zero-order chi connectivity index (χ0) is 28.0. The Morgan fingerprint density at radius 3 is 1.37 bits per heavy atom. The Labute approximate surface area is 249 Å². The van der Waals surface area contributed by atoms with Crippen LogP contribution in [0.1, 0.15) is 69.9 Å². The average molecular weight is 549 g/mol. The molecular weight excluding hydrogens is 520 g/mol. The summed E-state index contributed by atoms with van der Waals surface area (Å²) in [6.07, 6.45) is 1.25. The number of benzene rings is 7. The van der Waals surface area contributed by atoms with Crippen molar-refractivity contribution in [3.8, 4) is 0 Å². The summed E-state index contributed by atoms with van der Waals surface area (Å²) in [6, 6.07) is 45.9. The third-order valence-electron chi connectivity index (χ3n) is 12.0. The first kappa shape index (κ1) is 22.8. The van der Waals surface area contributed by atoms with Gasteiger partial charge in [-0.1, -0.05) is 121 Å². The van der Waals surface area contributed by atoms with Gasteiger partial charge in [-0.2, -0.15) is 0 Å². The van der Waals surface area contributed by atoms with E-state index in [1.54, 1.807) is 0 Å². The van der Waals surface area contributed by atoms with Crippen LogP contribution in [0, 0.1) is 5.41 Å². The Kier molecular flexibility index (Phi) is 4.03. The molecule has 0 unspecified atom stereocenters. The monoisotopic (exact) mass is 548 g/mol. The molecule has 43 heavy (non-hydrogen) atoms. The fourth-order valence-electron chi connectivity index (χ4n) is 10.8. The van der Waals surface area contributed by atoms with Gasteiger partial charge >= 0.3 is 0 Å². The van der Waals surface area contributed by atoms with Crippen LogP contribution in [0.4, 0.5) is 0 Å². The minimum atomic E-state index is -0.134. The molecule has 202 valence electrons. The van der Waals surface area contributed by atoms with E-state index >= 15 is 0 Å². The molecule has 4 aliphatic carbocycles. The first-order chi connectivity index (χ1) is 21.2. The highest BCUT2D eigenvalue weighted by Crippen LogP contribution is 2.78. The van der Waals surface area contributed by atoms with Crippen molar-refractivity contribution in [2.75, 3.05) is 0 Å². The summed E-state index contributed by atoms with van der Waals surface area (Å²) in [6.45, 7) is 0. The van der Waals surface area contributed by atoms with E-state index in [9.17, 15) is 4.79 Å². The maximum absolute atomic E-state index is 14.1. The lowest BCUT2D eigenvalue weighted by Crippen LogP contribution is -2.50. The van der Waals surface area contributed by atoms with E-state index in [0.29, 0.717) is 18.6 Å². The van der Waals surface area contributed by atoms with Crippen molar-refractivity contribution in [2.45, 2.75) is 36.5 Å². The van der Waals surface area contributed by atoms with Crippen LogP contribution in [0.2, 0.25) is 0 Å². The molecule has 0 heterocycles. The quantitative estimate of drug-likeness (QED) is 0.172. The largest absolute Gasteiger partial charge is 0.300 e. The van der Waals surface area contributed by atoms with Crippen LogP contribution >= 0.6 is 0 Å². The summed E-state index contributed by atoms with van der Waals surface area (Å²) < 4.78 is 0. The lowest BCUT2D eigenvalue weighted by atomic mass is 9.42. The van der Waals surface area contributed by atoms with Crippen molar-refractivity contribution in [3.05, 3.63) is 155 Å². The van der Waals surface area contributed by atoms with Gasteiger partial charge in [-0.3, -0.25) is 4.79 Å². The van der Waals surface area contributed by atoms with Gasteiger partial charge in [0.2, 0.25) is 0 Å². The molecule has 4 aliphatic rings. The second kappa shape index (κ2) is 7.60. The van der Waals surface area contributed by atoms with Gasteiger partial charge in [0.25, 0.3) is 0 Å². The molecule has 0 amide bonds. The minimum Gasteiger partial charge on any atom is -0.300 e. The van der Waals surface area contributed by atoms with Crippen LogP contribution in [-0.2, 0) is 4.79 Å². The smallest absolute Gasteiger partial charge is 0.134 e. The Morgan fingerprint density at radius 2 is 0.860 bits per heavy atom. The Morgan fingerprint density at radius 1 is 0.442 bits per heavy atom. The van der Waals surface area contributed by atoms with E-state index in [0.717, 1.165) is 0 Å². The Hall–Kier alpha value is -4.75. The summed E-state index contributed by atoms with van der Waals surface area (Å²) in [5, 5.41) is 10.6. The molecule has 0 aliphatic heterocycles. The molecule has 1 saturated carbocycles. The van der Waals surface area contributed by atoms with Gasteiger partial charge < -0.3 is 0 Å². The highest BCUT2D eigenvalue weighted by Gasteiger charge is 2.67. The highest BCUT2D eigenvalue weighted by atomic mass is 16.1. The first-order valence-corrected chi connectivity index (χ1v) is 15.7. The van der Waals surface area contributed by atoms with Crippen molar-refractivity contribution in [3.63, 3.8) is 0 Å². The zero-order valence-electron chi connectivity index (χ0n) is 23.7. The molecule has 1 spiro atoms. The van der Waals surface area contributed by atoms with Gasteiger partial charge in [-0.15, -0.1) is 0 Å². The van der Waals surface area contributed by atoms with Gasteiger partial charge in [0.05, 0.1) is 0 Å². The molecule has 1 heteroatoms. The van der Waals surface area contributed by atoms with Crippen molar-refractivity contribution in [1.29, 1.82) is 0 Å². The van der Waals surface area contributed by atoms with E-state index in [2.05, 4.69) is 121 Å². The third-order valence-corrected chi connectivity index (χ3v) is 12.0. The van der Waals surface area contributed by atoms with Gasteiger partial charge in [0.15, 0.2) is 0 Å². The van der Waals surface area contributed by atoms with Crippen molar-refractivity contribution in [1.82, 2.24) is 0 Å². The SMILES string of the molecule is O=C1C[C@@H]2c3cc4ccccc4c4cccc(c34)[C@H]3c4ccccc4[C@@H]4c5cccc6c5c(cc5ccccc56)[C@@H](C1)C342. The molecule has 1 fully saturated rings. The number of Topliss-reactive ketones (excluding diaryl/α,β-unsaturated/α-hetero) is 1. The van der Waals surface area contributed by atoms with Crippen LogP contribution in [0.15, 0.2) is 121 Å². The molecular formula is C42H28O. The number of rotatable bonds is 0. The Balaban J connectivity index is 1.36. The number of hydrogen-bond donors (Lipinski definition) is 0. The first-order valence-electron chi connectivity index (χ1n) is 15.7. The Bertz CT molecular complexity index is 2240. The molecule has 4 atom stereocenters. The van der Waals surface area contributed by atoms with Crippen molar-refractivity contribution in [2.24, 2.45) is 5.41 Å². The minimum absolute atomic E-state index is 0.134. The summed E-state index contributed by atoms with van der Waals surface area (Å²) >= 11 is 0. The van der Waals surface area contributed by atoms with E-state index in [-0.39, 0.29) is 29.1 Å². The maximum atomic E-state index is 14.1. The number of ketones is 1. The van der Waals surface area contributed by atoms with E-state index in [1.807, 2.05) is 0 Å². The molecule has 7 aromatic carbocycles. The molecule has 1 nitrogen and oxygen atoms in total. The van der Waals surface area contributed by atoms with E-state index < -0.39 is 0 Å². The fourth-order valence-corrected chi connectivity index (χ4v) is 10.8. The molecule has 0 bridgehead atoms. The predicted molar refractivity (Wildman–Crippen MR) is 175 cm³/mol. The van der Waals surface area contributed by atoms with Crippen LogP contribution in [0.5, 0.6) is 0 Å². The predicted octanol–water partition coefficient (Wildman–Crippen LogP) is 10.1. The molecule has 11 rings (SSSR count). The van der Waals surface area contributed by atoms with Gasteiger partial charge in [-0.05, 0) is 88.3 Å². The van der Waals surface area contributed by atoms with Crippen molar-refractivity contribution < 1.29 is 4.79 Å². The van der Waals surface area contributed by atoms with Gasteiger partial charge in [0, 0.05) is 30.1 Å². The summed E-state index contributed by atoms with van der Waals surface area (Å²) in [4.78, 5) is 14.1. The molecule has 0 N–H and O–H groups in total. The van der Waals surface area contributed by atoms with Crippen LogP contribution in [0.25, 0.3) is 43.1 Å². The number of fused-ring (bicyclic) bond motifs is 11. The van der Waals surface area contributed by atoms with Crippen LogP contribution in [-0.4, -0.2) is 5.78 Å². The zero-order valence-corrected chi connectivity index (χ0v) is 23.7. The third kappa shape index (κ3) is 2.49. The lowest BCUT2D eigenvalue weighted by Gasteiger charge is -2.59. The van der Waals surface area contributed by atoms with E-state index in [4.69, 9.17) is 0 Å². The summed E-state index contributed by atoms with van der Waals surface area (Å²) in [7, 11) is 0.